The van der Waals surface area contributed by atoms with Gasteiger partial charge in [0.1, 0.15) is 0 Å². The summed E-state index contributed by atoms with van der Waals surface area (Å²) in [4.78, 5) is 0.244. The molecule has 0 bridgehead atoms. The lowest BCUT2D eigenvalue weighted by Gasteiger charge is -2.11. The lowest BCUT2D eigenvalue weighted by molar-refractivity contribution is 0.588. The van der Waals surface area contributed by atoms with E-state index in [1.807, 2.05) is 25.4 Å². The van der Waals surface area contributed by atoms with Gasteiger partial charge in [-0.2, -0.15) is 5.10 Å². The second-order valence-electron chi connectivity index (χ2n) is 6.16. The first-order chi connectivity index (χ1) is 12.4. The molecule has 26 heavy (non-hydrogen) atoms. The number of nitrogens with zero attached hydrogens (tertiary/aromatic N) is 3. The maximum absolute atomic E-state index is 13.1. The summed E-state index contributed by atoms with van der Waals surface area (Å²) in [5.74, 6) is 0. The van der Waals surface area contributed by atoms with Gasteiger partial charge in [0.05, 0.1) is 21.6 Å². The van der Waals surface area contributed by atoms with Crippen LogP contribution in [-0.4, -0.2) is 22.2 Å². The van der Waals surface area contributed by atoms with Gasteiger partial charge < -0.3 is 0 Å². The van der Waals surface area contributed by atoms with E-state index in [0.717, 1.165) is 16.5 Å². The minimum Gasteiger partial charge on any atom is -0.275 e. The molecule has 2 heterocycles. The Morgan fingerprint density at radius 3 is 2.46 bits per heavy atom. The van der Waals surface area contributed by atoms with Gasteiger partial charge in [0.15, 0.2) is 0 Å². The van der Waals surface area contributed by atoms with Crippen molar-refractivity contribution in [3.05, 3.63) is 71.6 Å². The Hall–Kier alpha value is -2.57. The Bertz CT molecular complexity index is 1220. The Kier molecular flexibility index (Phi) is 3.89. The van der Waals surface area contributed by atoms with Crippen LogP contribution in [-0.2, 0) is 17.1 Å². The molecule has 0 aliphatic carbocycles. The topological polar surface area (TPSA) is 56.9 Å². The van der Waals surface area contributed by atoms with E-state index in [4.69, 9.17) is 11.6 Å². The van der Waals surface area contributed by atoms with Crippen LogP contribution in [0, 0.1) is 6.92 Å². The number of halogens is 1. The summed E-state index contributed by atoms with van der Waals surface area (Å²) in [5, 5.41) is 5.46. The fraction of sp³-hybridized carbons (Fsp3) is 0.105. The summed E-state index contributed by atoms with van der Waals surface area (Å²) >= 11 is 6.48. The highest BCUT2D eigenvalue weighted by Crippen LogP contribution is 2.34. The van der Waals surface area contributed by atoms with E-state index < -0.39 is 10.0 Å². The molecule has 0 aliphatic rings. The fourth-order valence-electron chi connectivity index (χ4n) is 3.14. The van der Waals surface area contributed by atoms with E-state index >= 15 is 0 Å². The van der Waals surface area contributed by atoms with Crippen molar-refractivity contribution in [2.45, 2.75) is 11.8 Å². The quantitative estimate of drug-likeness (QED) is 0.530. The van der Waals surface area contributed by atoms with E-state index in [-0.39, 0.29) is 4.90 Å². The molecule has 2 aromatic carbocycles. The Labute approximate surface area is 156 Å². The number of aromatic nitrogens is 3. The molecular weight excluding hydrogens is 370 g/mol. The third-order valence-electron chi connectivity index (χ3n) is 4.32. The Balaban J connectivity index is 1.96. The van der Waals surface area contributed by atoms with Crippen molar-refractivity contribution in [3.8, 4) is 11.1 Å². The molecule has 4 aromatic rings. The van der Waals surface area contributed by atoms with Gasteiger partial charge in [-0.3, -0.25) is 4.68 Å². The molecule has 4 rings (SSSR count). The monoisotopic (exact) mass is 385 g/mol. The van der Waals surface area contributed by atoms with Gasteiger partial charge in [0.2, 0.25) is 0 Å². The van der Waals surface area contributed by atoms with Crippen LogP contribution < -0.4 is 0 Å². The second-order valence-corrected chi connectivity index (χ2v) is 8.36. The first-order valence-corrected chi connectivity index (χ1v) is 9.81. The van der Waals surface area contributed by atoms with E-state index in [2.05, 4.69) is 5.10 Å². The normalized spacial score (nSPS) is 12.0. The zero-order valence-corrected chi connectivity index (χ0v) is 15.8. The first kappa shape index (κ1) is 16.9. The molecule has 0 atom stereocenters. The number of hydrogen-bond donors (Lipinski definition) is 0. The third kappa shape index (κ3) is 2.62. The van der Waals surface area contributed by atoms with Gasteiger partial charge in [-0.05, 0) is 37.3 Å². The van der Waals surface area contributed by atoms with Crippen LogP contribution in [0.15, 0.2) is 65.8 Å². The Morgan fingerprint density at radius 2 is 1.81 bits per heavy atom. The number of hydrogen-bond acceptors (Lipinski definition) is 3. The molecule has 0 saturated heterocycles. The van der Waals surface area contributed by atoms with Gasteiger partial charge in [-0.1, -0.05) is 29.8 Å². The minimum atomic E-state index is -3.70. The molecule has 0 N–H and O–H groups in total. The number of fused-ring (bicyclic) bond motifs is 1. The molecular formula is C19H16ClN3O2S. The largest absolute Gasteiger partial charge is 0.275 e. The molecule has 7 heteroatoms. The van der Waals surface area contributed by atoms with Crippen LogP contribution in [0.3, 0.4) is 0 Å². The van der Waals surface area contributed by atoms with Gasteiger partial charge in [-0.25, -0.2) is 12.4 Å². The van der Waals surface area contributed by atoms with Crippen LogP contribution >= 0.6 is 11.6 Å². The summed E-state index contributed by atoms with van der Waals surface area (Å²) in [6, 6.07) is 13.8. The lowest BCUT2D eigenvalue weighted by atomic mass is 10.1. The SMILES string of the molecule is Cc1cc2cc(-c3cnn(C)c3)c(Cl)cc2n1S(=O)(=O)c1ccccc1. The molecule has 0 amide bonds. The average Bonchev–Trinajstić information content (AvgIpc) is 3.17. The van der Waals surface area contributed by atoms with Crippen molar-refractivity contribution in [3.63, 3.8) is 0 Å². The fourth-order valence-corrected chi connectivity index (χ4v) is 4.97. The van der Waals surface area contributed by atoms with E-state index in [1.165, 1.54) is 3.97 Å². The summed E-state index contributed by atoms with van der Waals surface area (Å²) < 4.78 is 29.3. The van der Waals surface area contributed by atoms with Crippen LogP contribution in [0.4, 0.5) is 0 Å². The number of rotatable bonds is 3. The first-order valence-electron chi connectivity index (χ1n) is 7.99. The maximum atomic E-state index is 13.1. The van der Waals surface area contributed by atoms with Crippen molar-refractivity contribution in [1.29, 1.82) is 0 Å². The van der Waals surface area contributed by atoms with E-state index in [1.54, 1.807) is 54.2 Å². The minimum absolute atomic E-state index is 0.244. The zero-order chi connectivity index (χ0) is 18.5. The van der Waals surface area contributed by atoms with Crippen LogP contribution in [0.5, 0.6) is 0 Å². The molecule has 0 fully saturated rings. The van der Waals surface area contributed by atoms with Crippen molar-refractivity contribution in [2.75, 3.05) is 0 Å². The summed E-state index contributed by atoms with van der Waals surface area (Å²) in [6.45, 7) is 1.78. The van der Waals surface area contributed by atoms with E-state index in [0.29, 0.717) is 16.2 Å². The lowest BCUT2D eigenvalue weighted by Crippen LogP contribution is -2.14. The molecule has 2 aromatic heterocycles. The molecule has 0 aliphatic heterocycles. The van der Waals surface area contributed by atoms with Gasteiger partial charge in [0.25, 0.3) is 10.0 Å². The van der Waals surface area contributed by atoms with Gasteiger partial charge in [0, 0.05) is 35.5 Å². The Morgan fingerprint density at radius 1 is 1.08 bits per heavy atom. The summed E-state index contributed by atoms with van der Waals surface area (Å²) in [6.07, 6.45) is 3.61. The van der Waals surface area contributed by atoms with E-state index in [9.17, 15) is 8.42 Å². The maximum Gasteiger partial charge on any atom is 0.268 e. The van der Waals surface area contributed by atoms with Gasteiger partial charge in [-0.15, -0.1) is 0 Å². The molecule has 0 spiro atoms. The number of benzene rings is 2. The van der Waals surface area contributed by atoms with Crippen molar-refractivity contribution in [1.82, 2.24) is 13.8 Å². The predicted octanol–water partition coefficient (Wildman–Crippen LogP) is 4.24. The molecule has 0 unspecified atom stereocenters. The smallest absolute Gasteiger partial charge is 0.268 e. The molecule has 132 valence electrons. The van der Waals surface area contributed by atoms with Crippen LogP contribution in [0.2, 0.25) is 5.02 Å². The predicted molar refractivity (Wildman–Crippen MR) is 103 cm³/mol. The molecule has 5 nitrogen and oxygen atoms in total. The second kappa shape index (κ2) is 6.00. The highest BCUT2D eigenvalue weighted by Gasteiger charge is 2.22. The number of aryl methyl sites for hydroxylation is 2. The van der Waals surface area contributed by atoms with Crippen LogP contribution in [0.1, 0.15) is 5.69 Å². The third-order valence-corrected chi connectivity index (χ3v) is 6.46. The summed E-state index contributed by atoms with van der Waals surface area (Å²) in [5.41, 5.74) is 2.89. The standard InChI is InChI=1S/C19H16ClN3O2S/c1-13-8-14-9-17(15-11-21-22(2)12-15)18(20)10-19(14)23(13)26(24,25)16-6-4-3-5-7-16/h3-12H,1-2H3. The molecule has 0 radical (unpaired) electrons. The highest BCUT2D eigenvalue weighted by atomic mass is 35.5. The summed E-state index contributed by atoms with van der Waals surface area (Å²) in [7, 11) is -1.87. The van der Waals surface area contributed by atoms with Gasteiger partial charge >= 0.3 is 0 Å². The average molecular weight is 386 g/mol. The van der Waals surface area contributed by atoms with Crippen molar-refractivity contribution >= 4 is 32.5 Å². The molecule has 0 saturated carbocycles. The highest BCUT2D eigenvalue weighted by molar-refractivity contribution is 7.90. The zero-order valence-electron chi connectivity index (χ0n) is 14.2. The van der Waals surface area contributed by atoms with Crippen molar-refractivity contribution in [2.24, 2.45) is 7.05 Å². The van der Waals surface area contributed by atoms with Crippen LogP contribution in [0.25, 0.3) is 22.0 Å². The van der Waals surface area contributed by atoms with Crippen molar-refractivity contribution < 1.29 is 8.42 Å².